The van der Waals surface area contributed by atoms with Gasteiger partial charge in [0.15, 0.2) is 6.10 Å². The van der Waals surface area contributed by atoms with Crippen LogP contribution in [0.1, 0.15) is 290 Å². The van der Waals surface area contributed by atoms with Crippen LogP contribution in [-0.2, 0) is 42.2 Å². The molecule has 0 aliphatic carbocycles. The first-order valence-electron chi connectivity index (χ1n) is 31.2. The van der Waals surface area contributed by atoms with E-state index in [1.54, 1.807) is 0 Å². The molecule has 0 fully saturated rings. The maximum Gasteiger partial charge on any atom is 0.472 e. The Balaban J connectivity index is 4.68. The lowest BCUT2D eigenvalue weighted by Crippen LogP contribution is -2.30. The van der Waals surface area contributed by atoms with E-state index in [-0.39, 0.29) is 25.9 Å². The van der Waals surface area contributed by atoms with Crippen LogP contribution in [0, 0.1) is 0 Å². The fraction of sp³-hybridized carbons (Fsp3) is 0.797. The number of allylic oxidation sites excluding steroid dienone is 10. The van der Waals surface area contributed by atoms with Gasteiger partial charge in [0, 0.05) is 19.3 Å². The van der Waals surface area contributed by atoms with Gasteiger partial charge in [-0.1, -0.05) is 248 Å². The molecule has 76 heavy (non-hydrogen) atoms. The molecular formula is C64H115O11P. The highest BCUT2D eigenvalue weighted by molar-refractivity contribution is 7.47. The topological polar surface area (TPSA) is 155 Å². The molecule has 0 saturated heterocycles. The summed E-state index contributed by atoms with van der Waals surface area (Å²) in [6, 6.07) is 0. The number of aliphatic hydroxyl groups is 1. The highest BCUT2D eigenvalue weighted by Gasteiger charge is 2.28. The molecule has 0 saturated carbocycles. The first-order chi connectivity index (χ1) is 37.2. The lowest BCUT2D eigenvalue weighted by molar-refractivity contribution is -0.161. The maximum absolute atomic E-state index is 12.9. The van der Waals surface area contributed by atoms with E-state index in [4.69, 9.17) is 23.3 Å². The summed E-state index contributed by atoms with van der Waals surface area (Å²) < 4.78 is 39.6. The van der Waals surface area contributed by atoms with Gasteiger partial charge in [-0.05, 0) is 83.5 Å². The van der Waals surface area contributed by atoms with Crippen molar-refractivity contribution in [3.63, 3.8) is 0 Å². The summed E-state index contributed by atoms with van der Waals surface area (Å²) in [6.45, 7) is 4.53. The van der Waals surface area contributed by atoms with Crippen molar-refractivity contribution in [2.45, 2.75) is 303 Å². The zero-order valence-corrected chi connectivity index (χ0v) is 49.9. The molecule has 0 amide bonds. The maximum atomic E-state index is 12.9. The number of esters is 3. The lowest BCUT2D eigenvalue weighted by atomic mass is 10.0. The fourth-order valence-electron chi connectivity index (χ4n) is 8.70. The van der Waals surface area contributed by atoms with Gasteiger partial charge >= 0.3 is 25.7 Å². The zero-order valence-electron chi connectivity index (χ0n) is 49.0. The van der Waals surface area contributed by atoms with Crippen molar-refractivity contribution in [2.24, 2.45) is 0 Å². The number of hydrogen-bond donors (Lipinski definition) is 2. The van der Waals surface area contributed by atoms with Crippen molar-refractivity contribution in [3.05, 3.63) is 60.8 Å². The van der Waals surface area contributed by atoms with E-state index in [9.17, 15) is 28.9 Å². The van der Waals surface area contributed by atoms with Crippen LogP contribution in [0.3, 0.4) is 0 Å². The highest BCUT2D eigenvalue weighted by atomic mass is 31.2. The molecule has 0 bridgehead atoms. The van der Waals surface area contributed by atoms with Gasteiger partial charge in [0.2, 0.25) is 0 Å². The summed E-state index contributed by atoms with van der Waals surface area (Å²) >= 11 is 0. The average Bonchev–Trinajstić information content (AvgIpc) is 3.41. The molecule has 3 unspecified atom stereocenters. The second-order valence-electron chi connectivity index (χ2n) is 20.8. The number of carbonyl (C=O) groups excluding carboxylic acids is 3. The van der Waals surface area contributed by atoms with Crippen LogP contribution < -0.4 is 0 Å². The monoisotopic (exact) mass is 1090 g/mol. The molecule has 11 nitrogen and oxygen atoms in total. The molecule has 3 atom stereocenters. The molecule has 2 N–H and O–H groups in total. The predicted octanol–water partition coefficient (Wildman–Crippen LogP) is 18.7. The van der Waals surface area contributed by atoms with Crippen LogP contribution >= 0.6 is 7.82 Å². The number of phosphoric acid groups is 1. The Morgan fingerprint density at radius 1 is 0.382 bits per heavy atom. The fourth-order valence-corrected chi connectivity index (χ4v) is 9.48. The van der Waals surface area contributed by atoms with Crippen LogP contribution in [0.25, 0.3) is 0 Å². The Hall–Kier alpha value is -2.82. The molecule has 0 aliphatic rings. The quantitative estimate of drug-likeness (QED) is 0.0197. The van der Waals surface area contributed by atoms with Crippen LogP contribution in [0.4, 0.5) is 0 Å². The molecule has 0 aliphatic heterocycles. The van der Waals surface area contributed by atoms with E-state index >= 15 is 0 Å². The summed E-state index contributed by atoms with van der Waals surface area (Å²) in [5.74, 6) is -1.48. The first-order valence-corrected chi connectivity index (χ1v) is 32.7. The minimum absolute atomic E-state index is 0.149. The smallest absolute Gasteiger partial charge is 0.462 e. The predicted molar refractivity (Wildman–Crippen MR) is 316 cm³/mol. The number of phosphoric ester groups is 1. The zero-order chi connectivity index (χ0) is 55.5. The van der Waals surface area contributed by atoms with Gasteiger partial charge in [0.05, 0.1) is 19.8 Å². The van der Waals surface area contributed by atoms with Crippen LogP contribution in [0.2, 0.25) is 0 Å². The molecule has 0 aromatic heterocycles. The normalized spacial score (nSPS) is 13.7. The minimum atomic E-state index is -4.76. The van der Waals surface area contributed by atoms with Crippen LogP contribution in [0.15, 0.2) is 60.8 Å². The van der Waals surface area contributed by atoms with Gasteiger partial charge in [-0.3, -0.25) is 23.4 Å². The SMILES string of the molecule is CC/C=C\C/C=C\C/C=C\C/C=C\CCCCCCC(=O)OC(CO)COP(=O)(O)OCC(COC(=O)CCCCCCC/C=C\CCCCCC)OC(=O)CCCCCCCCCCCCCCCCCCCCC. The van der Waals surface area contributed by atoms with E-state index < -0.39 is 57.8 Å². The van der Waals surface area contributed by atoms with Gasteiger partial charge in [0.25, 0.3) is 0 Å². The number of aliphatic hydroxyl groups excluding tert-OH is 1. The summed E-state index contributed by atoms with van der Waals surface area (Å²) in [7, 11) is -4.76. The van der Waals surface area contributed by atoms with Gasteiger partial charge in [-0.25, -0.2) is 4.57 Å². The summed E-state index contributed by atoms with van der Waals surface area (Å²) in [4.78, 5) is 48.6. The van der Waals surface area contributed by atoms with Crippen molar-refractivity contribution < 1.29 is 52.2 Å². The van der Waals surface area contributed by atoms with Crippen molar-refractivity contribution in [1.29, 1.82) is 0 Å². The molecule has 0 aromatic carbocycles. The molecule has 12 heteroatoms. The van der Waals surface area contributed by atoms with Crippen molar-refractivity contribution in [1.82, 2.24) is 0 Å². The number of carbonyl (C=O) groups is 3. The standard InChI is InChI=1S/C64H115O11P/c1-4-7-10-13-16-19-22-25-27-29-30-32-34-37-40-43-46-49-52-55-64(68)75-61(57-71-62(66)53-50-47-44-41-38-35-24-21-18-15-12-9-6-3)59-73-76(69,70)72-58-60(56-65)74-63(67)54-51-48-45-42-39-36-33-31-28-26-23-20-17-14-11-8-5-2/h8,11,17,20-21,24,26,28,33,36,60-61,65H,4-7,9-10,12-16,18-19,22-23,25,27,29-32,34-35,37-59H2,1-3H3,(H,69,70)/b11-8-,20-17-,24-21-,28-26-,36-33-. The number of ether oxygens (including phenoxy) is 3. The van der Waals surface area contributed by atoms with E-state index in [2.05, 4.69) is 81.5 Å². The molecular weight excluding hydrogens is 976 g/mol. The summed E-state index contributed by atoms with van der Waals surface area (Å²) in [6.07, 6.45) is 64.6. The van der Waals surface area contributed by atoms with E-state index in [0.717, 1.165) is 109 Å². The van der Waals surface area contributed by atoms with Crippen molar-refractivity contribution in [2.75, 3.05) is 26.4 Å². The van der Waals surface area contributed by atoms with E-state index in [1.807, 2.05) is 0 Å². The summed E-state index contributed by atoms with van der Waals surface area (Å²) in [5, 5.41) is 9.83. The van der Waals surface area contributed by atoms with Crippen LogP contribution in [-0.4, -0.2) is 66.5 Å². The largest absolute Gasteiger partial charge is 0.472 e. The molecule has 0 rings (SSSR count). The van der Waals surface area contributed by atoms with Gasteiger partial charge in [-0.15, -0.1) is 0 Å². The summed E-state index contributed by atoms with van der Waals surface area (Å²) in [5.41, 5.74) is 0. The molecule has 0 heterocycles. The third-order valence-electron chi connectivity index (χ3n) is 13.4. The van der Waals surface area contributed by atoms with Crippen molar-refractivity contribution >= 4 is 25.7 Å². The lowest BCUT2D eigenvalue weighted by Gasteiger charge is -2.21. The Morgan fingerprint density at radius 3 is 1.08 bits per heavy atom. The molecule has 0 aromatic rings. The third-order valence-corrected chi connectivity index (χ3v) is 14.4. The number of hydrogen-bond acceptors (Lipinski definition) is 10. The minimum Gasteiger partial charge on any atom is -0.462 e. The van der Waals surface area contributed by atoms with E-state index in [0.29, 0.717) is 19.3 Å². The molecule has 0 radical (unpaired) electrons. The second-order valence-corrected chi connectivity index (χ2v) is 22.3. The second kappa shape index (κ2) is 58.3. The van der Waals surface area contributed by atoms with Crippen LogP contribution in [0.5, 0.6) is 0 Å². The Morgan fingerprint density at radius 2 is 0.684 bits per heavy atom. The first kappa shape index (κ1) is 73.2. The highest BCUT2D eigenvalue weighted by Crippen LogP contribution is 2.43. The van der Waals surface area contributed by atoms with Gasteiger partial charge in [0.1, 0.15) is 12.7 Å². The molecule has 442 valence electrons. The van der Waals surface area contributed by atoms with Gasteiger partial charge < -0.3 is 24.2 Å². The Labute approximate surface area is 465 Å². The van der Waals surface area contributed by atoms with E-state index in [1.165, 1.54) is 122 Å². The number of rotatable bonds is 58. The Bertz CT molecular complexity index is 1510. The third kappa shape index (κ3) is 55.9. The molecule has 0 spiro atoms. The van der Waals surface area contributed by atoms with Crippen molar-refractivity contribution in [3.8, 4) is 0 Å². The number of unbranched alkanes of at least 4 members (excludes halogenated alkanes) is 31. The van der Waals surface area contributed by atoms with Gasteiger partial charge in [-0.2, -0.15) is 0 Å². The Kier molecular flexibility index (Phi) is 56.2. The average molecular weight is 1090 g/mol.